The number of rotatable bonds is 17. The monoisotopic (exact) mass is 1810 g/mol. The summed E-state index contributed by atoms with van der Waals surface area (Å²) in [5.41, 5.74) is 41.4. The van der Waals surface area contributed by atoms with E-state index in [9.17, 15) is 0 Å². The van der Waals surface area contributed by atoms with Gasteiger partial charge in [0.15, 0.2) is 0 Å². The minimum Gasteiger partial charge on any atom is -0.311 e. The van der Waals surface area contributed by atoms with Gasteiger partial charge in [0.25, 0.3) is 0 Å². The summed E-state index contributed by atoms with van der Waals surface area (Å²) in [6, 6.07) is 208. The molecule has 142 heavy (non-hydrogen) atoms. The summed E-state index contributed by atoms with van der Waals surface area (Å²) in [5, 5.41) is 4.89. The van der Waals surface area contributed by atoms with Gasteiger partial charge in [-0.15, -0.1) is 0 Å². The molecule has 0 saturated heterocycles. The predicted octanol–water partition coefficient (Wildman–Crippen LogP) is 36.9. The van der Waals surface area contributed by atoms with E-state index in [1.807, 2.05) is 0 Å². The molecular formula is C136H94N6. The Balaban J connectivity index is 0.000000146. The zero-order chi connectivity index (χ0) is 94.0. The van der Waals surface area contributed by atoms with E-state index < -0.39 is 10.8 Å². The van der Waals surface area contributed by atoms with Crippen molar-refractivity contribution < 1.29 is 0 Å². The molecule has 0 unspecified atom stereocenters. The van der Waals surface area contributed by atoms with Crippen LogP contribution in [0.15, 0.2) is 570 Å². The van der Waals surface area contributed by atoms with Gasteiger partial charge < -0.3 is 29.4 Å². The molecule has 2 aliphatic carbocycles. The molecule has 27 rings (SSSR count). The molecule has 0 aromatic heterocycles. The lowest BCUT2D eigenvalue weighted by Gasteiger charge is -2.45. The Morgan fingerprint density at radius 2 is 0.324 bits per heavy atom. The summed E-state index contributed by atoms with van der Waals surface area (Å²) in [5.74, 6) is 0. The molecule has 0 fully saturated rings. The molecule has 23 aromatic carbocycles. The first kappa shape index (κ1) is 83.9. The van der Waals surface area contributed by atoms with E-state index in [4.69, 9.17) is 0 Å². The lowest BCUT2D eigenvalue weighted by atomic mass is 9.64. The van der Waals surface area contributed by atoms with E-state index in [2.05, 4.69) is 600 Å². The normalized spacial score (nSPS) is 12.7. The Kier molecular flexibility index (Phi) is 21.0. The standard InChI is InChI=1S/C71H49N3.C65H45N3/c1-4-19-50(20-5-1)51-35-43-58(44-36-51)73(59-45-39-53(40-46-59)52-37-41-57(42-38-52)72(55-23-6-2-7-24-55)56-25-8-3-9-26-56)60-47-48-63-62-28-12-13-29-64(62)71(67(63)49-60)65-30-14-16-32-69(65)74(70-33-17-15-31-66(70)71)68-34-18-22-54-21-10-11-27-61(54)68;1-4-21-49(22-5-1)66(50-23-6-2-7-24-50)52-39-35-46(36-40-52)47-37-41-53(42-38-47)67(51-25-8-3-9-26-51)54-43-44-57-56-28-12-13-29-58(56)65(61(57)45-54)59-30-14-16-32-63(59)68(64-33-17-15-31-60(64)65)62-34-18-20-48-19-10-11-27-55(48)62/h1-49H;1-45H. The quantitative estimate of drug-likeness (QED) is 0.0899. The SMILES string of the molecule is c1ccc(-c2ccc(N(c3ccc(-c4ccc(N(c5ccccc5)c5ccccc5)cc4)cc3)c3ccc4c(c3)C3(c5ccccc5-4)c4ccccc4N(c4cccc5ccccc45)c4ccccc43)cc2)cc1.c1ccc(N(c2ccccc2)c2ccc(-c3ccc(N(c4ccccc4)c4ccc5c(c4)C4(c6ccccc6-5)c5ccccc5N(c5cccc6ccccc56)c5ccccc54)cc3)cc2)cc1. The maximum absolute atomic E-state index is 2.50. The van der Waals surface area contributed by atoms with Crippen LogP contribution in [0.5, 0.6) is 0 Å². The van der Waals surface area contributed by atoms with E-state index in [-0.39, 0.29) is 0 Å². The second kappa shape index (κ2) is 35.5. The minimum absolute atomic E-state index is 0.578. The van der Waals surface area contributed by atoms with Crippen molar-refractivity contribution >= 4 is 124 Å². The molecular weight excluding hydrogens is 1720 g/mol. The lowest BCUT2D eigenvalue weighted by Crippen LogP contribution is -2.36. The van der Waals surface area contributed by atoms with Crippen molar-refractivity contribution in [2.45, 2.75) is 10.8 Å². The van der Waals surface area contributed by atoms with Gasteiger partial charge in [0.2, 0.25) is 0 Å². The van der Waals surface area contributed by atoms with Crippen LogP contribution >= 0.6 is 0 Å². The summed E-state index contributed by atoms with van der Waals surface area (Å²) in [6.07, 6.45) is 0. The third-order valence-corrected chi connectivity index (χ3v) is 29.3. The highest BCUT2D eigenvalue weighted by molar-refractivity contribution is 6.07. The Bertz CT molecular complexity index is 8450. The number of benzene rings is 23. The van der Waals surface area contributed by atoms with Crippen LogP contribution in [0, 0.1) is 0 Å². The Hall–Kier alpha value is -18.6. The first-order chi connectivity index (χ1) is 70.5. The molecule has 23 aromatic rings. The molecule has 668 valence electrons. The van der Waals surface area contributed by atoms with Crippen molar-refractivity contribution in [3.05, 3.63) is 615 Å². The molecule has 2 spiro atoms. The van der Waals surface area contributed by atoms with Gasteiger partial charge in [-0.3, -0.25) is 0 Å². The van der Waals surface area contributed by atoms with E-state index in [0.717, 1.165) is 90.5 Å². The highest BCUT2D eigenvalue weighted by Gasteiger charge is 2.54. The topological polar surface area (TPSA) is 19.4 Å². The molecule has 6 nitrogen and oxygen atoms in total. The first-order valence-electron chi connectivity index (χ1n) is 48.9. The van der Waals surface area contributed by atoms with Crippen LogP contribution in [0.3, 0.4) is 0 Å². The molecule has 0 saturated carbocycles. The van der Waals surface area contributed by atoms with Gasteiger partial charge in [-0.1, -0.05) is 388 Å². The van der Waals surface area contributed by atoms with Gasteiger partial charge in [-0.25, -0.2) is 0 Å². The number of fused-ring (bicyclic) bond motifs is 20. The lowest BCUT2D eigenvalue weighted by molar-refractivity contribution is 0.753. The van der Waals surface area contributed by atoms with Crippen molar-refractivity contribution in [3.63, 3.8) is 0 Å². The minimum atomic E-state index is -0.605. The molecule has 0 bridgehead atoms. The van der Waals surface area contributed by atoms with Crippen molar-refractivity contribution in [1.29, 1.82) is 0 Å². The zero-order valence-corrected chi connectivity index (χ0v) is 78.0. The predicted molar refractivity (Wildman–Crippen MR) is 594 cm³/mol. The van der Waals surface area contributed by atoms with Crippen LogP contribution in [0.25, 0.3) is 77.2 Å². The van der Waals surface area contributed by atoms with Crippen LogP contribution in [0.4, 0.5) is 102 Å². The van der Waals surface area contributed by atoms with Gasteiger partial charge >= 0.3 is 0 Å². The summed E-state index contributed by atoms with van der Waals surface area (Å²) in [6.45, 7) is 0. The molecule has 0 N–H and O–H groups in total. The van der Waals surface area contributed by atoms with Crippen LogP contribution < -0.4 is 29.4 Å². The van der Waals surface area contributed by atoms with Crippen molar-refractivity contribution in [2.24, 2.45) is 0 Å². The maximum atomic E-state index is 2.50. The summed E-state index contributed by atoms with van der Waals surface area (Å²) >= 11 is 0. The fourth-order valence-electron chi connectivity index (χ4n) is 23.1. The summed E-state index contributed by atoms with van der Waals surface area (Å²) in [7, 11) is 0. The Morgan fingerprint density at radius 3 is 0.620 bits per heavy atom. The second-order valence-electron chi connectivity index (χ2n) is 36.9. The van der Waals surface area contributed by atoms with Crippen LogP contribution in [0.1, 0.15) is 44.5 Å². The molecule has 6 heteroatoms. The molecule has 0 radical (unpaired) electrons. The Labute approximate surface area is 828 Å². The number of hydrogen-bond acceptors (Lipinski definition) is 6. The highest BCUT2D eigenvalue weighted by Crippen LogP contribution is 2.67. The second-order valence-corrected chi connectivity index (χ2v) is 36.9. The molecule has 2 aliphatic heterocycles. The average molecular weight is 1810 g/mol. The van der Waals surface area contributed by atoms with Gasteiger partial charge in [0.1, 0.15) is 0 Å². The van der Waals surface area contributed by atoms with E-state index in [1.165, 1.54) is 134 Å². The average Bonchev–Trinajstić information content (AvgIpc) is 1.48. The van der Waals surface area contributed by atoms with E-state index >= 15 is 0 Å². The molecule has 2 heterocycles. The smallest absolute Gasteiger partial charge is 0.0755 e. The number of hydrogen-bond donors (Lipinski definition) is 0. The van der Waals surface area contributed by atoms with E-state index in [1.54, 1.807) is 0 Å². The number of nitrogens with zero attached hydrogens (tertiary/aromatic N) is 6. The van der Waals surface area contributed by atoms with Crippen molar-refractivity contribution in [3.8, 4) is 55.6 Å². The number of anilines is 18. The molecule has 0 atom stereocenters. The van der Waals surface area contributed by atoms with E-state index in [0.29, 0.717) is 0 Å². The van der Waals surface area contributed by atoms with Crippen LogP contribution in [-0.4, -0.2) is 0 Å². The van der Waals surface area contributed by atoms with Gasteiger partial charge in [-0.2, -0.15) is 0 Å². The van der Waals surface area contributed by atoms with Gasteiger partial charge in [-0.05, 0) is 293 Å². The Morgan fingerprint density at radius 1 is 0.127 bits per heavy atom. The molecule has 0 amide bonds. The fraction of sp³-hybridized carbons (Fsp3) is 0.0147. The van der Waals surface area contributed by atoms with Crippen LogP contribution in [-0.2, 0) is 10.8 Å². The van der Waals surface area contributed by atoms with Gasteiger partial charge in [0.05, 0.1) is 45.0 Å². The fourth-order valence-corrected chi connectivity index (χ4v) is 23.1. The summed E-state index contributed by atoms with van der Waals surface area (Å²) < 4.78 is 0. The summed E-state index contributed by atoms with van der Waals surface area (Å²) in [4.78, 5) is 14.4. The largest absolute Gasteiger partial charge is 0.311 e. The zero-order valence-electron chi connectivity index (χ0n) is 78.0. The number of para-hydroxylation sites is 9. The third kappa shape index (κ3) is 14.1. The van der Waals surface area contributed by atoms with Crippen LogP contribution in [0.2, 0.25) is 0 Å². The van der Waals surface area contributed by atoms with Crippen molar-refractivity contribution in [1.82, 2.24) is 0 Å². The first-order valence-corrected chi connectivity index (χ1v) is 48.9. The molecule has 4 aliphatic rings. The third-order valence-electron chi connectivity index (χ3n) is 29.3. The van der Waals surface area contributed by atoms with Gasteiger partial charge in [0, 0.05) is 79.0 Å². The highest BCUT2D eigenvalue weighted by atomic mass is 15.2. The maximum Gasteiger partial charge on any atom is 0.0755 e. The van der Waals surface area contributed by atoms with Crippen molar-refractivity contribution in [2.75, 3.05) is 29.4 Å².